The summed E-state index contributed by atoms with van der Waals surface area (Å²) < 4.78 is 0. The van der Waals surface area contributed by atoms with Gasteiger partial charge in [0.05, 0.1) is 0 Å². The maximum Gasteiger partial charge on any atom is 0.631 e. The second kappa shape index (κ2) is 15.7. The van der Waals surface area contributed by atoms with Crippen molar-refractivity contribution in [2.45, 2.75) is 0 Å². The summed E-state index contributed by atoms with van der Waals surface area (Å²) in [6.45, 7) is 0. The molecule has 0 bridgehead atoms. The van der Waals surface area contributed by atoms with Crippen molar-refractivity contribution in [2.24, 2.45) is 0 Å². The zero-order chi connectivity index (χ0) is 3.58. The molecule has 0 aromatic carbocycles. The first kappa shape index (κ1) is 23.7. The summed E-state index contributed by atoms with van der Waals surface area (Å²) in [7, 11) is -2.17. The van der Waals surface area contributed by atoms with Crippen LogP contribution in [0, 0.1) is 0 Å². The predicted molar refractivity (Wildman–Crippen MR) is 12.4 cm³/mol. The molecule has 3 nitrogen and oxygen atoms in total. The van der Waals surface area contributed by atoms with Crippen LogP contribution in [0.4, 0.5) is 0 Å². The Morgan fingerprint density at radius 1 is 1.00 bits per heavy atom. The molecule has 51 valence electrons. The molecule has 7 heavy (non-hydrogen) atoms. The molecule has 0 unspecified atom stereocenters. The van der Waals surface area contributed by atoms with Crippen LogP contribution in [0.2, 0.25) is 0 Å². The van der Waals surface area contributed by atoms with E-state index in [-0.39, 0.29) is 50.3 Å². The molecular weight excluding hydrogens is 232 g/mol. The Balaban J connectivity index is -0.0000000150. The van der Waals surface area contributed by atoms with Crippen LogP contribution in [-0.2, 0) is 50.3 Å². The Kier molecular flexibility index (Phi) is 52.9. The summed E-state index contributed by atoms with van der Waals surface area (Å²) in [5.74, 6) is 0. The largest absolute Gasteiger partial charge is 0.631 e. The van der Waals surface area contributed by atoms with E-state index in [0.29, 0.717) is 0 Å². The van der Waals surface area contributed by atoms with Crippen LogP contribution in [-0.4, -0.2) is 22.4 Å². The molecule has 0 aliphatic carbocycles. The van der Waals surface area contributed by atoms with Crippen molar-refractivity contribution in [1.29, 1.82) is 0 Å². The van der Waals surface area contributed by atoms with Crippen LogP contribution >= 0.6 is 0 Å². The molecule has 0 aromatic heterocycles. The molecule has 0 heterocycles. The van der Waals surface area contributed by atoms with E-state index in [9.17, 15) is 0 Å². The Bertz CT molecular complexity index is 19.7. The van der Waals surface area contributed by atoms with Crippen LogP contribution < -0.4 is 0 Å². The predicted octanol–water partition coefficient (Wildman–Crippen LogP) is -2.06. The van der Waals surface area contributed by atoms with E-state index in [2.05, 4.69) is 0 Å². The zero-order valence-corrected chi connectivity index (χ0v) is 6.05. The second-order valence-corrected chi connectivity index (χ2v) is 0.346. The summed E-state index contributed by atoms with van der Waals surface area (Å²) in [5.41, 5.74) is 0. The van der Waals surface area contributed by atoms with Gasteiger partial charge in [0.25, 0.3) is 0 Å². The SMILES string of the molecule is OB(O)O.[Co].[Fe].[Ni]. The number of hydrogen-bond acceptors (Lipinski definition) is 3. The first-order valence-corrected chi connectivity index (χ1v) is 0.775. The average molecular weight is 235 g/mol. The molecule has 0 atom stereocenters. The van der Waals surface area contributed by atoms with Crippen LogP contribution in [0.1, 0.15) is 0 Å². The molecule has 0 aliphatic rings. The molecule has 0 aliphatic heterocycles. The monoisotopic (exact) mass is 235 g/mol. The zero-order valence-electron chi connectivity index (χ0n) is 2.92. The van der Waals surface area contributed by atoms with E-state index in [0.717, 1.165) is 0 Å². The fourth-order valence-corrected chi connectivity index (χ4v) is 0. The van der Waals surface area contributed by atoms with Crippen molar-refractivity contribution < 1.29 is 65.4 Å². The van der Waals surface area contributed by atoms with E-state index in [4.69, 9.17) is 15.1 Å². The summed E-state index contributed by atoms with van der Waals surface area (Å²) >= 11 is 0. The third-order valence-electron chi connectivity index (χ3n) is 0. The molecule has 0 saturated heterocycles. The van der Waals surface area contributed by atoms with Gasteiger partial charge in [0.15, 0.2) is 0 Å². The minimum absolute atomic E-state index is 0. The van der Waals surface area contributed by atoms with Gasteiger partial charge in [0.1, 0.15) is 0 Å². The smallest absolute Gasteiger partial charge is 0.402 e. The van der Waals surface area contributed by atoms with Gasteiger partial charge in [-0.25, -0.2) is 0 Å². The van der Waals surface area contributed by atoms with Gasteiger partial charge in [0.2, 0.25) is 0 Å². The van der Waals surface area contributed by atoms with Gasteiger partial charge in [-0.15, -0.1) is 0 Å². The molecule has 3 N–H and O–H groups in total. The minimum atomic E-state index is -2.17. The molecule has 0 spiro atoms. The summed E-state index contributed by atoms with van der Waals surface area (Å²) in [6.07, 6.45) is 0. The molecule has 0 aromatic rings. The molecule has 0 saturated carbocycles. The maximum atomic E-state index is 7.17. The molecule has 1 radical (unpaired) electrons. The third-order valence-corrected chi connectivity index (χ3v) is 0. The van der Waals surface area contributed by atoms with Gasteiger partial charge in [-0.1, -0.05) is 0 Å². The van der Waals surface area contributed by atoms with E-state index >= 15 is 0 Å². The molecule has 0 amide bonds. The van der Waals surface area contributed by atoms with Crippen molar-refractivity contribution in [1.82, 2.24) is 0 Å². The van der Waals surface area contributed by atoms with E-state index < -0.39 is 7.32 Å². The quantitative estimate of drug-likeness (QED) is 0.423. The number of hydrogen-bond donors (Lipinski definition) is 3. The summed E-state index contributed by atoms with van der Waals surface area (Å²) in [5, 5.41) is 21.5. The van der Waals surface area contributed by atoms with Crippen molar-refractivity contribution in [3.05, 3.63) is 0 Å². The van der Waals surface area contributed by atoms with Gasteiger partial charge < -0.3 is 15.1 Å². The minimum Gasteiger partial charge on any atom is -0.402 e. The Labute approximate surface area is 72.6 Å². The fourth-order valence-electron chi connectivity index (χ4n) is 0. The van der Waals surface area contributed by atoms with Crippen LogP contribution in [0.5, 0.6) is 0 Å². The van der Waals surface area contributed by atoms with Gasteiger partial charge in [-0.05, 0) is 0 Å². The topological polar surface area (TPSA) is 60.7 Å². The van der Waals surface area contributed by atoms with Crippen LogP contribution in [0.15, 0.2) is 0 Å². The molecule has 7 heteroatoms. The summed E-state index contributed by atoms with van der Waals surface area (Å²) in [4.78, 5) is 0. The Morgan fingerprint density at radius 3 is 1.00 bits per heavy atom. The molecular formula is H3BCoFeNiO3. The Morgan fingerprint density at radius 2 is 1.00 bits per heavy atom. The van der Waals surface area contributed by atoms with Gasteiger partial charge in [-0.3, -0.25) is 0 Å². The van der Waals surface area contributed by atoms with E-state index in [1.54, 1.807) is 0 Å². The molecule has 0 rings (SSSR count). The number of rotatable bonds is 0. The summed E-state index contributed by atoms with van der Waals surface area (Å²) in [6, 6.07) is 0. The maximum absolute atomic E-state index is 7.17. The van der Waals surface area contributed by atoms with Crippen molar-refractivity contribution in [3.63, 3.8) is 0 Å². The van der Waals surface area contributed by atoms with Crippen molar-refractivity contribution in [3.8, 4) is 0 Å². The second-order valence-electron chi connectivity index (χ2n) is 0.346. The van der Waals surface area contributed by atoms with E-state index in [1.807, 2.05) is 0 Å². The Hall–Kier alpha value is 1.46. The van der Waals surface area contributed by atoms with Crippen LogP contribution in [0.3, 0.4) is 0 Å². The molecule has 0 fully saturated rings. The fraction of sp³-hybridized carbons (Fsp3) is 0. The van der Waals surface area contributed by atoms with Gasteiger partial charge >= 0.3 is 7.32 Å². The van der Waals surface area contributed by atoms with Gasteiger partial charge in [0, 0.05) is 50.3 Å². The van der Waals surface area contributed by atoms with E-state index in [1.165, 1.54) is 0 Å². The average Bonchev–Trinajstić information content (AvgIpc) is 0.811. The van der Waals surface area contributed by atoms with Crippen molar-refractivity contribution >= 4 is 7.32 Å². The third kappa shape index (κ3) is 104. The van der Waals surface area contributed by atoms with Crippen molar-refractivity contribution in [2.75, 3.05) is 0 Å². The van der Waals surface area contributed by atoms with Crippen LogP contribution in [0.25, 0.3) is 0 Å². The first-order valence-electron chi connectivity index (χ1n) is 0.775. The first-order chi connectivity index (χ1) is 1.73. The van der Waals surface area contributed by atoms with Gasteiger partial charge in [-0.2, -0.15) is 0 Å². The normalized spacial score (nSPS) is 3.86. The standard InChI is InChI=1S/BH3O3.Co.Fe.Ni/c2-1(3)4;;;/h2-4H;;;.